The number of hydrogen-bond donors (Lipinski definition) is 0. The summed E-state index contributed by atoms with van der Waals surface area (Å²) in [6, 6.07) is 0. The molecule has 2 heterocycles. The number of ether oxygens (including phenoxy) is 1. The van der Waals surface area contributed by atoms with Crippen LogP contribution in [0, 0.1) is 6.92 Å². The zero-order chi connectivity index (χ0) is 11.7. The second-order valence-electron chi connectivity index (χ2n) is 3.64. The van der Waals surface area contributed by atoms with Crippen LogP contribution < -0.4 is 4.74 Å². The van der Waals surface area contributed by atoms with Crippen LogP contribution >= 0.6 is 11.6 Å². The van der Waals surface area contributed by atoms with Crippen molar-refractivity contribution in [1.82, 2.24) is 19.6 Å². The SMILES string of the molecule is CCC(C)Oc1c(C)c(Cl)nc2ncnn12. The van der Waals surface area contributed by atoms with E-state index >= 15 is 0 Å². The molecule has 0 N–H and O–H groups in total. The molecule has 1 atom stereocenters. The standard InChI is InChI=1S/C10H13ClN4O/c1-4-6(2)16-9-7(3)8(11)14-10-12-5-13-15(9)10/h5-6H,4H2,1-3H3. The highest BCUT2D eigenvalue weighted by molar-refractivity contribution is 6.30. The Morgan fingerprint density at radius 3 is 3.00 bits per heavy atom. The predicted molar refractivity (Wildman–Crippen MR) is 60.9 cm³/mol. The first-order chi connectivity index (χ1) is 7.63. The summed E-state index contributed by atoms with van der Waals surface area (Å²) in [5.74, 6) is 1.07. The highest BCUT2D eigenvalue weighted by atomic mass is 35.5. The van der Waals surface area contributed by atoms with Gasteiger partial charge in [-0.2, -0.15) is 19.6 Å². The molecule has 2 aromatic heterocycles. The summed E-state index contributed by atoms with van der Waals surface area (Å²) in [4.78, 5) is 8.09. The fraction of sp³-hybridized carbons (Fsp3) is 0.500. The highest BCUT2D eigenvalue weighted by Gasteiger charge is 2.15. The maximum Gasteiger partial charge on any atom is 0.256 e. The Hall–Kier alpha value is -1.36. The van der Waals surface area contributed by atoms with Crippen LogP contribution in [-0.4, -0.2) is 25.7 Å². The van der Waals surface area contributed by atoms with Crippen LogP contribution in [0.3, 0.4) is 0 Å². The van der Waals surface area contributed by atoms with Gasteiger partial charge < -0.3 is 4.74 Å². The van der Waals surface area contributed by atoms with Crippen molar-refractivity contribution >= 4 is 17.4 Å². The van der Waals surface area contributed by atoms with Gasteiger partial charge in [-0.15, -0.1) is 0 Å². The number of hydrogen-bond acceptors (Lipinski definition) is 4. The Bertz CT molecular complexity index is 511. The van der Waals surface area contributed by atoms with E-state index in [1.54, 1.807) is 4.52 Å². The van der Waals surface area contributed by atoms with Gasteiger partial charge in [0.05, 0.1) is 6.10 Å². The molecule has 5 nitrogen and oxygen atoms in total. The molecule has 2 rings (SSSR count). The van der Waals surface area contributed by atoms with Crippen LogP contribution in [0.25, 0.3) is 5.78 Å². The number of halogens is 1. The quantitative estimate of drug-likeness (QED) is 0.773. The molecular weight excluding hydrogens is 228 g/mol. The number of rotatable bonds is 3. The van der Waals surface area contributed by atoms with Gasteiger partial charge in [0.15, 0.2) is 0 Å². The summed E-state index contributed by atoms with van der Waals surface area (Å²) in [5.41, 5.74) is 0.778. The summed E-state index contributed by atoms with van der Waals surface area (Å²) in [7, 11) is 0. The van der Waals surface area contributed by atoms with Gasteiger partial charge in [-0.3, -0.25) is 0 Å². The molecule has 2 aromatic rings. The van der Waals surface area contributed by atoms with E-state index in [0.29, 0.717) is 16.8 Å². The van der Waals surface area contributed by atoms with Gasteiger partial charge in [-0.1, -0.05) is 18.5 Å². The molecule has 0 saturated heterocycles. The minimum absolute atomic E-state index is 0.101. The Balaban J connectivity index is 2.55. The van der Waals surface area contributed by atoms with E-state index in [9.17, 15) is 0 Å². The van der Waals surface area contributed by atoms with Crippen LogP contribution in [0.4, 0.5) is 0 Å². The first-order valence-electron chi connectivity index (χ1n) is 5.16. The number of fused-ring (bicyclic) bond motifs is 1. The van der Waals surface area contributed by atoms with Crippen molar-refractivity contribution in [1.29, 1.82) is 0 Å². The zero-order valence-corrected chi connectivity index (χ0v) is 10.2. The van der Waals surface area contributed by atoms with Crippen LogP contribution in [0.2, 0.25) is 5.15 Å². The fourth-order valence-electron chi connectivity index (χ4n) is 1.29. The molecule has 6 heteroatoms. The maximum absolute atomic E-state index is 6.00. The van der Waals surface area contributed by atoms with Gasteiger partial charge in [0, 0.05) is 5.56 Å². The molecule has 0 spiro atoms. The minimum Gasteiger partial charge on any atom is -0.474 e. The highest BCUT2D eigenvalue weighted by Crippen LogP contribution is 2.25. The summed E-state index contributed by atoms with van der Waals surface area (Å²) in [6.07, 6.45) is 2.45. The van der Waals surface area contributed by atoms with Crippen molar-refractivity contribution in [2.45, 2.75) is 33.3 Å². The van der Waals surface area contributed by atoms with Crippen LogP contribution in [-0.2, 0) is 0 Å². The van der Waals surface area contributed by atoms with Gasteiger partial charge in [-0.05, 0) is 20.3 Å². The molecule has 0 aliphatic carbocycles. The average Bonchev–Trinajstić information content (AvgIpc) is 2.71. The van der Waals surface area contributed by atoms with Crippen molar-refractivity contribution in [2.75, 3.05) is 0 Å². The largest absolute Gasteiger partial charge is 0.474 e. The molecule has 1 unspecified atom stereocenters. The average molecular weight is 241 g/mol. The van der Waals surface area contributed by atoms with Crippen LogP contribution in [0.1, 0.15) is 25.8 Å². The summed E-state index contributed by atoms with van der Waals surface area (Å²) < 4.78 is 7.35. The second-order valence-corrected chi connectivity index (χ2v) is 4.00. The predicted octanol–water partition coefficient (Wildman–Crippen LogP) is 2.26. The van der Waals surface area contributed by atoms with E-state index < -0.39 is 0 Å². The van der Waals surface area contributed by atoms with E-state index in [-0.39, 0.29) is 6.10 Å². The minimum atomic E-state index is 0.101. The number of aromatic nitrogens is 4. The first kappa shape index (κ1) is 11.1. The van der Waals surface area contributed by atoms with Crippen molar-refractivity contribution in [3.63, 3.8) is 0 Å². The van der Waals surface area contributed by atoms with Crippen molar-refractivity contribution in [3.05, 3.63) is 17.0 Å². The van der Waals surface area contributed by atoms with Gasteiger partial charge in [0.1, 0.15) is 11.5 Å². The van der Waals surface area contributed by atoms with Gasteiger partial charge >= 0.3 is 0 Å². The van der Waals surface area contributed by atoms with E-state index in [1.165, 1.54) is 6.33 Å². The van der Waals surface area contributed by atoms with E-state index in [1.807, 2.05) is 13.8 Å². The van der Waals surface area contributed by atoms with Gasteiger partial charge in [0.2, 0.25) is 5.88 Å². The lowest BCUT2D eigenvalue weighted by Gasteiger charge is -2.15. The molecule has 0 aliphatic heterocycles. The lowest BCUT2D eigenvalue weighted by molar-refractivity contribution is 0.201. The van der Waals surface area contributed by atoms with Crippen molar-refractivity contribution in [3.8, 4) is 5.88 Å². The Kier molecular flexibility index (Phi) is 2.96. The van der Waals surface area contributed by atoms with Gasteiger partial charge in [0.25, 0.3) is 5.78 Å². The Morgan fingerprint density at radius 2 is 2.31 bits per heavy atom. The summed E-state index contributed by atoms with van der Waals surface area (Å²) >= 11 is 6.00. The first-order valence-corrected chi connectivity index (χ1v) is 5.53. The van der Waals surface area contributed by atoms with E-state index in [0.717, 1.165) is 12.0 Å². The van der Waals surface area contributed by atoms with Gasteiger partial charge in [-0.25, -0.2) is 0 Å². The molecule has 0 fully saturated rings. The topological polar surface area (TPSA) is 52.3 Å². The Labute approximate surface area is 98.4 Å². The third kappa shape index (κ3) is 1.82. The van der Waals surface area contributed by atoms with E-state index in [2.05, 4.69) is 22.0 Å². The van der Waals surface area contributed by atoms with Crippen molar-refractivity contribution < 1.29 is 4.74 Å². The Morgan fingerprint density at radius 1 is 1.56 bits per heavy atom. The smallest absolute Gasteiger partial charge is 0.256 e. The normalized spacial score (nSPS) is 13.0. The molecule has 86 valence electrons. The molecule has 0 aromatic carbocycles. The molecule has 0 bridgehead atoms. The zero-order valence-electron chi connectivity index (χ0n) is 9.44. The van der Waals surface area contributed by atoms with Crippen LogP contribution in [0.5, 0.6) is 5.88 Å². The van der Waals surface area contributed by atoms with Crippen molar-refractivity contribution in [2.24, 2.45) is 0 Å². The lowest BCUT2D eigenvalue weighted by atomic mass is 10.3. The second kappa shape index (κ2) is 4.25. The molecule has 0 amide bonds. The fourth-order valence-corrected chi connectivity index (χ4v) is 1.44. The third-order valence-electron chi connectivity index (χ3n) is 2.44. The molecule has 0 radical (unpaired) electrons. The third-order valence-corrected chi connectivity index (χ3v) is 2.81. The molecule has 16 heavy (non-hydrogen) atoms. The monoisotopic (exact) mass is 240 g/mol. The van der Waals surface area contributed by atoms with Crippen LogP contribution in [0.15, 0.2) is 6.33 Å². The maximum atomic E-state index is 6.00. The summed E-state index contributed by atoms with van der Waals surface area (Å²) in [5, 5.41) is 4.47. The molecule has 0 aliphatic rings. The summed E-state index contributed by atoms with van der Waals surface area (Å²) in [6.45, 7) is 5.91. The van der Waals surface area contributed by atoms with E-state index in [4.69, 9.17) is 16.3 Å². The molecular formula is C10H13ClN4O. The number of nitrogens with zero attached hydrogens (tertiary/aromatic N) is 4. The lowest BCUT2D eigenvalue weighted by Crippen LogP contribution is -2.14. The molecule has 0 saturated carbocycles.